The molecule has 1 aromatic carbocycles. The lowest BCUT2D eigenvalue weighted by atomic mass is 10.0. The van der Waals surface area contributed by atoms with Crippen molar-refractivity contribution in [2.75, 3.05) is 26.0 Å². The van der Waals surface area contributed by atoms with E-state index in [1.807, 2.05) is 12.2 Å². The van der Waals surface area contributed by atoms with E-state index in [9.17, 15) is 27.2 Å². The van der Waals surface area contributed by atoms with Crippen molar-refractivity contribution < 1.29 is 27.2 Å². The van der Waals surface area contributed by atoms with Crippen LogP contribution in [-0.2, 0) is 24.6 Å². The van der Waals surface area contributed by atoms with Gasteiger partial charge in [0.25, 0.3) is 0 Å². The highest BCUT2D eigenvalue weighted by Gasteiger charge is 2.42. The molecule has 0 radical (unpaired) electrons. The Balaban J connectivity index is 1.45. The van der Waals surface area contributed by atoms with Crippen LogP contribution in [0.5, 0.6) is 0 Å². The smallest absolute Gasteiger partial charge is 0.303 e. The third-order valence-electron chi connectivity index (χ3n) is 6.96. The van der Waals surface area contributed by atoms with E-state index in [1.54, 1.807) is 12.1 Å². The summed E-state index contributed by atoms with van der Waals surface area (Å²) in [6.45, 7) is 0.472. The maximum Gasteiger partial charge on any atom is 0.303 e. The molecule has 0 unspecified atom stereocenters. The van der Waals surface area contributed by atoms with Gasteiger partial charge in [0.1, 0.15) is 17.9 Å². The Morgan fingerprint density at radius 3 is 2.68 bits per heavy atom. The lowest BCUT2D eigenvalue weighted by Crippen LogP contribution is -2.49. The summed E-state index contributed by atoms with van der Waals surface area (Å²) in [6, 6.07) is 4.73. The minimum atomic E-state index is -3.77. The first-order valence-corrected chi connectivity index (χ1v) is 14.5. The molecule has 0 spiro atoms. The molecule has 210 valence electrons. The molecule has 4 atom stereocenters. The molecule has 0 aromatic heterocycles. The van der Waals surface area contributed by atoms with Gasteiger partial charge in [-0.15, -0.1) is 0 Å². The predicted octanol–water partition coefficient (Wildman–Crippen LogP) is 2.15. The van der Waals surface area contributed by atoms with Gasteiger partial charge in [-0.05, 0) is 62.6 Å². The lowest BCUT2D eigenvalue weighted by Gasteiger charge is -2.28. The number of nitrogens with two attached hydrogens (primary N) is 1. The molecule has 1 heterocycles. The number of likely N-dealkylation sites (tertiary alicyclic amines) is 1. The Morgan fingerprint density at radius 2 is 2.00 bits per heavy atom. The topological polar surface area (TPSA) is 142 Å². The van der Waals surface area contributed by atoms with Crippen molar-refractivity contribution in [2.24, 2.45) is 17.6 Å². The molecule has 0 bridgehead atoms. The molecule has 10 nitrogen and oxygen atoms in total. The number of primary amides is 1. The van der Waals surface area contributed by atoms with Crippen molar-refractivity contribution in [1.82, 2.24) is 13.9 Å². The zero-order valence-corrected chi connectivity index (χ0v) is 22.8. The molecule has 2 fully saturated rings. The number of carbonyl (C=O) groups excluding carboxylic acids is 3. The first-order valence-electron chi connectivity index (χ1n) is 13.0. The molecule has 3 rings (SSSR count). The number of anilines is 1. The molecule has 3 amide bonds. The number of rotatable bonds is 14. The van der Waals surface area contributed by atoms with Crippen LogP contribution < -0.4 is 15.8 Å². The molecule has 2 aliphatic rings. The van der Waals surface area contributed by atoms with Gasteiger partial charge < -0.3 is 16.0 Å². The first kappa shape index (κ1) is 29.6. The number of amides is 3. The van der Waals surface area contributed by atoms with E-state index in [0.717, 1.165) is 30.0 Å². The highest BCUT2D eigenvalue weighted by molar-refractivity contribution is 7.87. The Morgan fingerprint density at radius 1 is 1.24 bits per heavy atom. The zero-order chi connectivity index (χ0) is 27.9. The van der Waals surface area contributed by atoms with Crippen LogP contribution in [0.1, 0.15) is 51.4 Å². The number of hydrogen-bond donors (Lipinski definition) is 3. The highest BCUT2D eigenvalue weighted by atomic mass is 32.2. The predicted molar refractivity (Wildman–Crippen MR) is 142 cm³/mol. The monoisotopic (exact) mass is 551 g/mol. The van der Waals surface area contributed by atoms with Crippen LogP contribution in [0.25, 0.3) is 0 Å². The minimum absolute atomic E-state index is 0.0449. The Labute approximate surface area is 224 Å². The number of unbranched alkanes of at least 4 members (excludes halogenated alkanes) is 3. The molecule has 1 saturated heterocycles. The van der Waals surface area contributed by atoms with E-state index in [1.165, 1.54) is 31.1 Å². The van der Waals surface area contributed by atoms with Crippen molar-refractivity contribution in [3.05, 3.63) is 42.2 Å². The number of hydrogen-bond acceptors (Lipinski definition) is 6. The standard InChI is InChI=1S/C26H38FN5O5S/c1-31(2)38(36,37)30-25(34)21-16-18(21)10-6-4-3-5-7-13-22(29-20-12-8-11-19(27)17-20)26(35)32-15-9-14-23(32)24(28)33/h6,8,10-12,17-18,21-23,29H,3-5,7,9,13-16H2,1-2H3,(H2,28,33)(H,30,34)/b10-6-/t18-,21+,22+,23+/m1/s1. The second-order valence-electron chi connectivity index (χ2n) is 10.1. The van der Waals surface area contributed by atoms with Crippen molar-refractivity contribution in [3.8, 4) is 0 Å². The molecule has 1 aliphatic heterocycles. The van der Waals surface area contributed by atoms with E-state index < -0.39 is 39.9 Å². The van der Waals surface area contributed by atoms with Gasteiger partial charge in [-0.2, -0.15) is 12.7 Å². The molecule has 1 aromatic rings. The molecular formula is C26H38FN5O5S. The van der Waals surface area contributed by atoms with Crippen LogP contribution >= 0.6 is 0 Å². The van der Waals surface area contributed by atoms with Crippen molar-refractivity contribution in [1.29, 1.82) is 0 Å². The summed E-state index contributed by atoms with van der Waals surface area (Å²) in [7, 11) is -1.05. The summed E-state index contributed by atoms with van der Waals surface area (Å²) < 4.78 is 40.3. The summed E-state index contributed by atoms with van der Waals surface area (Å²) in [5.41, 5.74) is 6.00. The number of carbonyl (C=O) groups is 3. The third-order valence-corrected chi connectivity index (χ3v) is 8.38. The van der Waals surface area contributed by atoms with E-state index in [2.05, 4.69) is 10.0 Å². The van der Waals surface area contributed by atoms with Crippen LogP contribution in [-0.4, -0.2) is 68.1 Å². The van der Waals surface area contributed by atoms with Crippen molar-refractivity contribution >= 4 is 33.6 Å². The summed E-state index contributed by atoms with van der Waals surface area (Å²) in [4.78, 5) is 38.7. The first-order chi connectivity index (χ1) is 18.0. The van der Waals surface area contributed by atoms with Gasteiger partial charge in [-0.3, -0.25) is 14.4 Å². The van der Waals surface area contributed by atoms with Gasteiger partial charge in [0, 0.05) is 32.2 Å². The average Bonchev–Trinajstić information content (AvgIpc) is 3.45. The second-order valence-corrected chi connectivity index (χ2v) is 12.0. The Hall–Kier alpha value is -2.99. The summed E-state index contributed by atoms with van der Waals surface area (Å²) in [5.74, 6) is -1.88. The summed E-state index contributed by atoms with van der Waals surface area (Å²) in [5, 5.41) is 3.14. The molecule has 1 aliphatic carbocycles. The van der Waals surface area contributed by atoms with Crippen LogP contribution in [0.2, 0.25) is 0 Å². The van der Waals surface area contributed by atoms with E-state index >= 15 is 0 Å². The van der Waals surface area contributed by atoms with Gasteiger partial charge >= 0.3 is 10.2 Å². The largest absolute Gasteiger partial charge is 0.374 e. The molecule has 4 N–H and O–H groups in total. The maximum atomic E-state index is 13.7. The van der Waals surface area contributed by atoms with Crippen molar-refractivity contribution in [2.45, 2.75) is 63.5 Å². The normalized spacial score (nSPS) is 22.0. The van der Waals surface area contributed by atoms with Gasteiger partial charge in [-0.1, -0.05) is 31.1 Å². The van der Waals surface area contributed by atoms with Gasteiger partial charge in [0.2, 0.25) is 17.7 Å². The Bertz CT molecular complexity index is 1140. The van der Waals surface area contributed by atoms with E-state index in [0.29, 0.717) is 37.9 Å². The second kappa shape index (κ2) is 13.2. The Kier molecular flexibility index (Phi) is 10.3. The SMILES string of the molecule is CN(C)S(=O)(=O)NC(=O)[C@H]1C[C@H]1/C=C\CCCCC[C@H](Nc1cccc(F)c1)C(=O)N1CCC[C@H]1C(N)=O. The minimum Gasteiger partial charge on any atom is -0.374 e. The third kappa shape index (κ3) is 8.26. The van der Waals surface area contributed by atoms with Crippen LogP contribution in [0.4, 0.5) is 10.1 Å². The number of nitrogens with one attached hydrogen (secondary N) is 2. The van der Waals surface area contributed by atoms with E-state index in [4.69, 9.17) is 5.73 Å². The number of halogens is 1. The fourth-order valence-electron chi connectivity index (χ4n) is 4.64. The average molecular weight is 552 g/mol. The maximum absolute atomic E-state index is 13.7. The van der Waals surface area contributed by atoms with Gasteiger partial charge in [-0.25, -0.2) is 9.11 Å². The number of benzene rings is 1. The van der Waals surface area contributed by atoms with E-state index in [-0.39, 0.29) is 17.7 Å². The molecule has 1 saturated carbocycles. The lowest BCUT2D eigenvalue weighted by molar-refractivity contribution is -0.138. The fourth-order valence-corrected chi connectivity index (χ4v) is 5.23. The van der Waals surface area contributed by atoms with Crippen LogP contribution in [0.3, 0.4) is 0 Å². The summed E-state index contributed by atoms with van der Waals surface area (Å²) in [6.07, 6.45) is 9.66. The molecule has 38 heavy (non-hydrogen) atoms. The summed E-state index contributed by atoms with van der Waals surface area (Å²) >= 11 is 0. The fraction of sp³-hybridized carbons (Fsp3) is 0.577. The molecule has 12 heteroatoms. The van der Waals surface area contributed by atoms with Gasteiger partial charge in [0.05, 0.1) is 0 Å². The number of allylic oxidation sites excluding steroid dienone is 2. The quantitative estimate of drug-likeness (QED) is 0.239. The van der Waals surface area contributed by atoms with Crippen molar-refractivity contribution in [3.63, 3.8) is 0 Å². The highest BCUT2D eigenvalue weighted by Crippen LogP contribution is 2.40. The zero-order valence-electron chi connectivity index (χ0n) is 21.9. The molecular weight excluding hydrogens is 513 g/mol. The van der Waals surface area contributed by atoms with Crippen LogP contribution in [0.15, 0.2) is 36.4 Å². The van der Waals surface area contributed by atoms with Crippen LogP contribution in [0, 0.1) is 17.7 Å². The number of nitrogens with zero attached hydrogens (tertiary/aromatic N) is 2. The van der Waals surface area contributed by atoms with Gasteiger partial charge in [0.15, 0.2) is 0 Å².